The van der Waals surface area contributed by atoms with Gasteiger partial charge in [-0.2, -0.15) is 0 Å². The third-order valence-electron chi connectivity index (χ3n) is 11.6. The molecule has 75 heavy (non-hydrogen) atoms. The summed E-state index contributed by atoms with van der Waals surface area (Å²) >= 11 is 0. The summed E-state index contributed by atoms with van der Waals surface area (Å²) in [5, 5.41) is 31.5. The van der Waals surface area contributed by atoms with Crippen molar-refractivity contribution in [2.75, 3.05) is 33.3 Å². The van der Waals surface area contributed by atoms with Crippen LogP contribution in [0.1, 0.15) is 111 Å². The number of benzene rings is 2. The zero-order valence-corrected chi connectivity index (χ0v) is 44.1. The van der Waals surface area contributed by atoms with Crippen molar-refractivity contribution in [1.29, 1.82) is 0 Å². The van der Waals surface area contributed by atoms with Crippen molar-refractivity contribution >= 4 is 59.0 Å². The molecule has 5 atom stereocenters. The van der Waals surface area contributed by atoms with Crippen LogP contribution in [0.3, 0.4) is 0 Å². The second kappa shape index (κ2) is 30.6. The number of nitrogens with zero attached hydrogens (tertiary/aromatic N) is 3. The Morgan fingerprint density at radius 2 is 1.45 bits per heavy atom. The summed E-state index contributed by atoms with van der Waals surface area (Å²) < 4.78 is 31.7. The lowest BCUT2D eigenvalue weighted by Gasteiger charge is -2.41. The monoisotopic (exact) mass is 1050 g/mol. The van der Waals surface area contributed by atoms with Gasteiger partial charge in [0, 0.05) is 69.5 Å². The Morgan fingerprint density at radius 3 is 2.04 bits per heavy atom. The molecule has 3 aromatic rings. The quantitative estimate of drug-likeness (QED) is 0.0487. The van der Waals surface area contributed by atoms with E-state index in [2.05, 4.69) is 26.6 Å². The molecule has 2 aromatic carbocycles. The van der Waals surface area contributed by atoms with Gasteiger partial charge in [0.2, 0.25) is 47.3 Å². The second-order valence-electron chi connectivity index (χ2n) is 18.6. The molecule has 0 radical (unpaired) electrons. The normalized spacial score (nSPS) is 13.0. The van der Waals surface area contributed by atoms with Crippen molar-refractivity contribution in [3.05, 3.63) is 83.7 Å². The molecule has 0 aliphatic carbocycles. The van der Waals surface area contributed by atoms with Gasteiger partial charge in [0.15, 0.2) is 5.78 Å². The van der Waals surface area contributed by atoms with Gasteiger partial charge in [-0.25, -0.2) is 8.78 Å². The number of halogens is 2. The van der Waals surface area contributed by atoms with E-state index in [1.54, 1.807) is 37.6 Å². The predicted octanol–water partition coefficient (Wildman–Crippen LogP) is 2.47. The number of nitrogens with one attached hydrogen (secondary N) is 5. The fourth-order valence-corrected chi connectivity index (χ4v) is 7.87. The maximum atomic E-state index is 15.4. The maximum Gasteiger partial charge on any atom is 0.303 e. The van der Waals surface area contributed by atoms with Gasteiger partial charge in [-0.1, -0.05) is 65.0 Å². The van der Waals surface area contributed by atoms with E-state index in [1.165, 1.54) is 32.7 Å². The van der Waals surface area contributed by atoms with Crippen molar-refractivity contribution in [3.63, 3.8) is 0 Å². The first-order valence-corrected chi connectivity index (χ1v) is 24.5. The number of amides is 8. The van der Waals surface area contributed by atoms with Crippen LogP contribution >= 0.6 is 0 Å². The fraction of sp³-hybridized carbons (Fsp3) is 0.500. The summed E-state index contributed by atoms with van der Waals surface area (Å²) in [6.45, 7) is 11.6. The van der Waals surface area contributed by atoms with Crippen LogP contribution in [0.2, 0.25) is 0 Å². The molecule has 1 heterocycles. The van der Waals surface area contributed by atoms with E-state index in [4.69, 9.17) is 10.8 Å². The highest BCUT2D eigenvalue weighted by Gasteiger charge is 2.39. The lowest BCUT2D eigenvalue weighted by atomic mass is 9.82. The lowest BCUT2D eigenvalue weighted by molar-refractivity contribution is -0.142. The Kier molecular flexibility index (Phi) is 25.9. The highest BCUT2D eigenvalue weighted by atomic mass is 19.1. The summed E-state index contributed by atoms with van der Waals surface area (Å²) in [6, 6.07) is 7.21. The van der Waals surface area contributed by atoms with Gasteiger partial charge < -0.3 is 56.9 Å². The van der Waals surface area contributed by atoms with Gasteiger partial charge in [-0.15, -0.1) is 0 Å². The average molecular weight is 1050 g/mol. The van der Waals surface area contributed by atoms with Crippen LogP contribution in [0.25, 0.3) is 11.1 Å². The molecule has 0 saturated heterocycles. The van der Waals surface area contributed by atoms with Crippen LogP contribution in [0.4, 0.5) is 8.78 Å². The first kappa shape index (κ1) is 63.6. The molecule has 9 N–H and O–H groups in total. The molecule has 3 rings (SSSR count). The Balaban J connectivity index is 0.00000950. The third-order valence-corrected chi connectivity index (χ3v) is 11.6. The molecule has 1 aromatic heterocycles. The number of carboxylic acids is 1. The number of carbonyl (C=O) groups excluding carboxylic acids is 9. The molecule has 0 bridgehead atoms. The molecular formula is C52H73F2N9O12. The Morgan fingerprint density at radius 1 is 0.813 bits per heavy atom. The minimum Gasteiger partial charge on any atom is -0.481 e. The van der Waals surface area contributed by atoms with Crippen LogP contribution in [0.5, 0.6) is 0 Å². The largest absolute Gasteiger partial charge is 0.481 e. The van der Waals surface area contributed by atoms with Gasteiger partial charge in [0.1, 0.15) is 42.4 Å². The molecule has 23 heteroatoms. The lowest BCUT2D eigenvalue weighted by Crippen LogP contribution is -2.58. The molecule has 0 saturated carbocycles. The summed E-state index contributed by atoms with van der Waals surface area (Å²) in [7, 11) is 1.28. The topological polar surface area (TPSA) is 309 Å². The molecule has 0 aliphatic rings. The summed E-state index contributed by atoms with van der Waals surface area (Å²) in [5.41, 5.74) is 6.05. The first-order chi connectivity index (χ1) is 35.2. The number of ketones is 1. The van der Waals surface area contributed by atoms with Crippen LogP contribution < -0.4 is 32.3 Å². The van der Waals surface area contributed by atoms with Crippen molar-refractivity contribution in [1.82, 2.24) is 41.0 Å². The van der Waals surface area contributed by atoms with Crippen LogP contribution in [-0.2, 0) is 54.5 Å². The Bertz CT molecular complexity index is 2480. The first-order valence-electron chi connectivity index (χ1n) is 24.5. The minimum atomic E-state index is -1.72. The number of carboxylic acid groups (broad SMARTS) is 1. The number of aliphatic carboxylic acids is 1. The number of hydrogen-bond donors (Lipinski definition) is 8. The third kappa shape index (κ3) is 20.7. The number of Topliss-reactive ketones (excluding diaryl/α,β-unsaturated/α-hetero) is 1. The number of nitrogens with two attached hydrogens (primary N) is 1. The number of aliphatic hydroxyl groups is 1. The summed E-state index contributed by atoms with van der Waals surface area (Å²) in [4.78, 5) is 130. The highest BCUT2D eigenvalue weighted by Crippen LogP contribution is 2.41. The number of aliphatic hydroxyl groups excluding tert-OH is 1. The van der Waals surface area contributed by atoms with E-state index >= 15 is 4.39 Å². The SMILES string of the molecule is CC.CC(=O)N[C@@H](C)C(=O)N(C)[C@@H](C)C(=O)N[C@@H](CC(N)=O)C(=O)N[C@@H](CCN(C(=O)CO)[C@@H](c1cc(-c2cc(F)ccc2F)cn1Cc1ccccc1)C(C)(C)C)C(=O)NCCCC(=O)CNC(=O)CCC(=O)O. The molecule has 21 nitrogen and oxygen atoms in total. The van der Waals surface area contributed by atoms with Gasteiger partial charge >= 0.3 is 5.97 Å². The summed E-state index contributed by atoms with van der Waals surface area (Å²) in [5.74, 6) is -9.55. The van der Waals surface area contributed by atoms with Gasteiger partial charge in [0.25, 0.3) is 0 Å². The predicted molar refractivity (Wildman–Crippen MR) is 273 cm³/mol. The van der Waals surface area contributed by atoms with E-state index in [1.807, 2.05) is 44.2 Å². The number of aromatic nitrogens is 1. The fourth-order valence-electron chi connectivity index (χ4n) is 7.87. The summed E-state index contributed by atoms with van der Waals surface area (Å²) in [6.07, 6.45) is -0.414. The highest BCUT2D eigenvalue weighted by molar-refractivity contribution is 5.97. The zero-order valence-electron chi connectivity index (χ0n) is 44.1. The van der Waals surface area contributed by atoms with Crippen LogP contribution in [0, 0.1) is 17.0 Å². The van der Waals surface area contributed by atoms with Crippen LogP contribution in [-0.4, -0.2) is 141 Å². The van der Waals surface area contributed by atoms with Gasteiger partial charge in [-0.3, -0.25) is 47.9 Å². The van der Waals surface area contributed by atoms with E-state index in [-0.39, 0.29) is 56.4 Å². The number of rotatable bonds is 28. The Labute approximate surface area is 435 Å². The molecule has 0 unspecified atom stereocenters. The number of carbonyl (C=O) groups is 10. The molecule has 0 fully saturated rings. The van der Waals surface area contributed by atoms with Crippen molar-refractivity contribution < 1.29 is 66.9 Å². The van der Waals surface area contributed by atoms with Gasteiger partial charge in [0.05, 0.1) is 25.4 Å². The zero-order chi connectivity index (χ0) is 56.7. The molecule has 0 aliphatic heterocycles. The van der Waals surface area contributed by atoms with E-state index in [0.717, 1.165) is 28.7 Å². The number of primary amides is 1. The van der Waals surface area contributed by atoms with Crippen molar-refractivity contribution in [2.45, 2.75) is 131 Å². The standard InChI is InChI=1S/C50H67F2N9O12.C2H6/c1-29(56-31(3)63)49(73)59(7)30(2)46(70)58-39(24-41(53)65)48(72)57-38(47(71)54-20-11-14-35(64)25-55-42(66)17-18-44(68)69)19-21-61(43(67)28-62)45(50(4,5)6)40-22-33(36-23-34(51)15-16-37(36)52)27-60(40)26-32-12-9-8-10-13-32;1-2/h8-10,12-13,15-16,22-23,27,29-30,38-39,45,62H,11,14,17-21,24-26,28H2,1-7H3,(H2,53,65)(H,54,71)(H,55,66)(H,56,63)(H,57,72)(H,58,70)(H,68,69);1-2H3/t29-,30-,38-,39-,45-;/m0./s1. The maximum absolute atomic E-state index is 15.4. The molecule has 0 spiro atoms. The molecule has 412 valence electrons. The number of hydrogen-bond acceptors (Lipinski definition) is 11. The van der Waals surface area contributed by atoms with E-state index in [0.29, 0.717) is 5.69 Å². The van der Waals surface area contributed by atoms with Crippen molar-refractivity contribution in [3.8, 4) is 11.1 Å². The Hall–Kier alpha value is -7.56. The van der Waals surface area contributed by atoms with Crippen molar-refractivity contribution in [2.24, 2.45) is 11.1 Å². The van der Waals surface area contributed by atoms with E-state index < -0.39 is 132 Å². The number of likely N-dealkylation sites (N-methyl/N-ethyl adjacent to an activating group) is 1. The average Bonchev–Trinajstić information content (AvgIpc) is 3.75. The van der Waals surface area contributed by atoms with Gasteiger partial charge in [-0.05, 0) is 61.9 Å². The second-order valence-corrected chi connectivity index (χ2v) is 18.6. The smallest absolute Gasteiger partial charge is 0.303 e. The molecule has 8 amide bonds. The van der Waals surface area contributed by atoms with Crippen LogP contribution in [0.15, 0.2) is 60.8 Å². The van der Waals surface area contributed by atoms with E-state index in [9.17, 15) is 57.4 Å². The minimum absolute atomic E-state index is 0.0368. The molecular weight excluding hydrogens is 981 g/mol.